The summed E-state index contributed by atoms with van der Waals surface area (Å²) in [6.07, 6.45) is 1.17. The monoisotopic (exact) mass is 205 g/mol. The van der Waals surface area contributed by atoms with Crippen molar-refractivity contribution in [3.05, 3.63) is 23.8 Å². The van der Waals surface area contributed by atoms with Crippen molar-refractivity contribution in [2.75, 3.05) is 12.4 Å². The number of rotatable bonds is 1. The Morgan fingerprint density at radius 1 is 1.40 bits per heavy atom. The lowest BCUT2D eigenvalue weighted by Crippen LogP contribution is -2.34. The summed E-state index contributed by atoms with van der Waals surface area (Å²) in [6.45, 7) is 6.83. The van der Waals surface area contributed by atoms with E-state index in [9.17, 15) is 0 Å². The van der Waals surface area contributed by atoms with Gasteiger partial charge in [0.05, 0.1) is 7.11 Å². The zero-order valence-electron chi connectivity index (χ0n) is 9.92. The minimum atomic E-state index is 0.256. The first-order valence-corrected chi connectivity index (χ1v) is 5.48. The molecule has 0 radical (unpaired) electrons. The van der Waals surface area contributed by atoms with E-state index < -0.39 is 0 Å². The van der Waals surface area contributed by atoms with E-state index in [0.29, 0.717) is 6.04 Å². The lowest BCUT2D eigenvalue weighted by Gasteiger charge is -2.37. The normalized spacial score (nSPS) is 22.8. The molecule has 1 N–H and O–H groups in total. The van der Waals surface area contributed by atoms with Gasteiger partial charge >= 0.3 is 0 Å². The Morgan fingerprint density at radius 2 is 2.13 bits per heavy atom. The Labute approximate surface area is 91.6 Å². The molecule has 15 heavy (non-hydrogen) atoms. The maximum atomic E-state index is 5.24. The van der Waals surface area contributed by atoms with E-state index in [-0.39, 0.29) is 5.41 Å². The third-order valence-corrected chi connectivity index (χ3v) is 3.17. The molecular weight excluding hydrogens is 186 g/mol. The number of nitrogens with one attached hydrogen (secondary N) is 1. The minimum Gasteiger partial charge on any atom is -0.497 e. The van der Waals surface area contributed by atoms with Crippen molar-refractivity contribution in [3.8, 4) is 5.75 Å². The fourth-order valence-electron chi connectivity index (χ4n) is 2.55. The summed E-state index contributed by atoms with van der Waals surface area (Å²) in [4.78, 5) is 0. The molecule has 1 aromatic rings. The maximum absolute atomic E-state index is 5.24. The first kappa shape index (κ1) is 10.3. The van der Waals surface area contributed by atoms with Gasteiger partial charge < -0.3 is 10.1 Å². The van der Waals surface area contributed by atoms with E-state index in [1.807, 2.05) is 6.07 Å². The SMILES string of the molecule is COc1ccc2c(c1)NC(C)CC2(C)C. The number of benzene rings is 1. The van der Waals surface area contributed by atoms with Crippen LogP contribution in [0.15, 0.2) is 18.2 Å². The van der Waals surface area contributed by atoms with Crippen molar-refractivity contribution >= 4 is 5.69 Å². The Kier molecular flexibility index (Phi) is 2.37. The molecule has 1 atom stereocenters. The molecule has 2 nitrogen and oxygen atoms in total. The molecule has 1 heterocycles. The summed E-state index contributed by atoms with van der Waals surface area (Å²) in [7, 11) is 1.71. The number of hydrogen-bond donors (Lipinski definition) is 1. The maximum Gasteiger partial charge on any atom is 0.120 e. The van der Waals surface area contributed by atoms with E-state index in [0.717, 1.165) is 5.75 Å². The Morgan fingerprint density at radius 3 is 2.80 bits per heavy atom. The summed E-state index contributed by atoms with van der Waals surface area (Å²) in [5.41, 5.74) is 2.87. The van der Waals surface area contributed by atoms with Gasteiger partial charge in [0.25, 0.3) is 0 Å². The number of hydrogen-bond acceptors (Lipinski definition) is 2. The predicted molar refractivity (Wildman–Crippen MR) is 63.7 cm³/mol. The highest BCUT2D eigenvalue weighted by Gasteiger charge is 2.30. The molecule has 0 bridgehead atoms. The molecule has 0 amide bonds. The summed E-state index contributed by atoms with van der Waals surface area (Å²) >= 11 is 0. The van der Waals surface area contributed by atoms with Crippen molar-refractivity contribution in [3.63, 3.8) is 0 Å². The van der Waals surface area contributed by atoms with Crippen LogP contribution in [0.3, 0.4) is 0 Å². The molecule has 1 aromatic carbocycles. The van der Waals surface area contributed by atoms with Crippen molar-refractivity contribution in [1.82, 2.24) is 0 Å². The van der Waals surface area contributed by atoms with Gasteiger partial charge in [-0.25, -0.2) is 0 Å². The zero-order chi connectivity index (χ0) is 11.1. The highest BCUT2D eigenvalue weighted by atomic mass is 16.5. The number of fused-ring (bicyclic) bond motifs is 1. The van der Waals surface area contributed by atoms with Gasteiger partial charge in [-0.1, -0.05) is 19.9 Å². The van der Waals surface area contributed by atoms with Crippen LogP contribution in [0.2, 0.25) is 0 Å². The lowest BCUT2D eigenvalue weighted by molar-refractivity contribution is 0.409. The molecule has 0 saturated heterocycles. The third-order valence-electron chi connectivity index (χ3n) is 3.17. The largest absolute Gasteiger partial charge is 0.497 e. The summed E-state index contributed by atoms with van der Waals surface area (Å²) in [6, 6.07) is 6.83. The quantitative estimate of drug-likeness (QED) is 0.760. The summed E-state index contributed by atoms with van der Waals surface area (Å²) < 4.78 is 5.24. The highest BCUT2D eigenvalue weighted by Crippen LogP contribution is 2.40. The van der Waals surface area contributed by atoms with Crippen LogP contribution in [0.4, 0.5) is 5.69 Å². The Balaban J connectivity index is 2.47. The van der Waals surface area contributed by atoms with Gasteiger partial charge in [0.2, 0.25) is 0 Å². The second-order valence-electron chi connectivity index (χ2n) is 5.04. The molecule has 82 valence electrons. The molecule has 0 saturated carbocycles. The van der Waals surface area contributed by atoms with E-state index in [2.05, 4.69) is 38.2 Å². The average molecular weight is 205 g/mol. The predicted octanol–water partition coefficient (Wildman–Crippen LogP) is 3.18. The molecular formula is C13H19NO. The molecule has 0 aromatic heterocycles. The fraction of sp³-hybridized carbons (Fsp3) is 0.538. The molecule has 0 spiro atoms. The van der Waals surface area contributed by atoms with Crippen LogP contribution in [0.1, 0.15) is 32.8 Å². The smallest absolute Gasteiger partial charge is 0.120 e. The van der Waals surface area contributed by atoms with E-state index >= 15 is 0 Å². The number of ether oxygens (including phenoxy) is 1. The van der Waals surface area contributed by atoms with Gasteiger partial charge in [0.1, 0.15) is 5.75 Å². The molecule has 2 rings (SSSR count). The minimum absolute atomic E-state index is 0.256. The van der Waals surface area contributed by atoms with Gasteiger partial charge in [-0.15, -0.1) is 0 Å². The lowest BCUT2D eigenvalue weighted by atomic mass is 9.76. The second-order valence-corrected chi connectivity index (χ2v) is 5.04. The zero-order valence-corrected chi connectivity index (χ0v) is 9.92. The summed E-state index contributed by atoms with van der Waals surface area (Å²) in [5, 5.41) is 3.51. The molecule has 0 aliphatic carbocycles. The van der Waals surface area contributed by atoms with Crippen LogP contribution in [-0.2, 0) is 5.41 Å². The molecule has 0 fully saturated rings. The Hall–Kier alpha value is -1.18. The van der Waals surface area contributed by atoms with E-state index in [1.54, 1.807) is 7.11 Å². The van der Waals surface area contributed by atoms with Crippen molar-refractivity contribution in [2.24, 2.45) is 0 Å². The molecule has 1 aliphatic rings. The van der Waals surface area contributed by atoms with Crippen LogP contribution >= 0.6 is 0 Å². The number of anilines is 1. The highest BCUT2D eigenvalue weighted by molar-refractivity contribution is 5.60. The van der Waals surface area contributed by atoms with Gasteiger partial charge in [-0.05, 0) is 30.4 Å². The second kappa shape index (κ2) is 3.44. The van der Waals surface area contributed by atoms with Crippen molar-refractivity contribution in [1.29, 1.82) is 0 Å². The fourth-order valence-corrected chi connectivity index (χ4v) is 2.55. The topological polar surface area (TPSA) is 21.3 Å². The third kappa shape index (κ3) is 1.81. The van der Waals surface area contributed by atoms with Gasteiger partial charge in [0.15, 0.2) is 0 Å². The van der Waals surface area contributed by atoms with Crippen molar-refractivity contribution in [2.45, 2.75) is 38.6 Å². The standard InChI is InChI=1S/C13H19NO/c1-9-8-13(2,3)11-6-5-10(15-4)7-12(11)14-9/h5-7,9,14H,8H2,1-4H3. The van der Waals surface area contributed by atoms with Gasteiger partial charge in [0, 0.05) is 17.8 Å². The van der Waals surface area contributed by atoms with Crippen molar-refractivity contribution < 1.29 is 4.74 Å². The molecule has 1 unspecified atom stereocenters. The van der Waals surface area contributed by atoms with Crippen LogP contribution in [0, 0.1) is 0 Å². The van der Waals surface area contributed by atoms with Crippen LogP contribution < -0.4 is 10.1 Å². The van der Waals surface area contributed by atoms with Crippen LogP contribution in [0.5, 0.6) is 5.75 Å². The van der Waals surface area contributed by atoms with Crippen LogP contribution in [0.25, 0.3) is 0 Å². The summed E-state index contributed by atoms with van der Waals surface area (Å²) in [5.74, 6) is 0.922. The first-order chi connectivity index (χ1) is 7.03. The number of methoxy groups -OCH3 is 1. The van der Waals surface area contributed by atoms with E-state index in [4.69, 9.17) is 4.74 Å². The average Bonchev–Trinajstić information content (AvgIpc) is 2.15. The van der Waals surface area contributed by atoms with Crippen LogP contribution in [-0.4, -0.2) is 13.2 Å². The van der Waals surface area contributed by atoms with Gasteiger partial charge in [-0.2, -0.15) is 0 Å². The Bertz CT molecular complexity index is 371. The van der Waals surface area contributed by atoms with Gasteiger partial charge in [-0.3, -0.25) is 0 Å². The van der Waals surface area contributed by atoms with E-state index in [1.165, 1.54) is 17.7 Å². The molecule has 1 aliphatic heterocycles. The first-order valence-electron chi connectivity index (χ1n) is 5.48. The molecule has 2 heteroatoms.